The van der Waals surface area contributed by atoms with Gasteiger partial charge in [-0.25, -0.2) is 4.79 Å². The van der Waals surface area contributed by atoms with Gasteiger partial charge in [0.1, 0.15) is 5.54 Å². The number of hydrogen-bond donors (Lipinski definition) is 3. The van der Waals surface area contributed by atoms with Crippen LogP contribution in [-0.4, -0.2) is 79.6 Å². The lowest BCUT2D eigenvalue weighted by atomic mass is 9.99. The Hall–Kier alpha value is -1.10. The van der Waals surface area contributed by atoms with Crippen LogP contribution < -0.4 is 16.0 Å². The maximum atomic E-state index is 12.4. The summed E-state index contributed by atoms with van der Waals surface area (Å²) in [5, 5.41) is 9.38. The van der Waals surface area contributed by atoms with E-state index < -0.39 is 5.54 Å². The Morgan fingerprint density at radius 2 is 1.76 bits per heavy atom. The molecule has 2 heterocycles. The number of imide groups is 1. The van der Waals surface area contributed by atoms with Gasteiger partial charge < -0.3 is 20.9 Å². The lowest BCUT2D eigenvalue weighted by Crippen LogP contribution is -2.43. The van der Waals surface area contributed by atoms with Gasteiger partial charge in [0, 0.05) is 26.7 Å². The first kappa shape index (κ1) is 25.9. The van der Waals surface area contributed by atoms with E-state index in [-0.39, 0.29) is 35.9 Å². The zero-order chi connectivity index (χ0) is 20.6. The second-order valence-electron chi connectivity index (χ2n) is 8.23. The largest absolute Gasteiger partial charge is 0.356 e. The van der Waals surface area contributed by atoms with Crippen molar-refractivity contribution in [2.75, 3.05) is 46.3 Å². The first-order valence-corrected chi connectivity index (χ1v) is 10.7. The third-order valence-corrected chi connectivity index (χ3v) is 5.95. The van der Waals surface area contributed by atoms with E-state index in [0.29, 0.717) is 25.9 Å². The fourth-order valence-corrected chi connectivity index (χ4v) is 3.65. The number of hydrogen-bond acceptors (Lipinski definition) is 4. The van der Waals surface area contributed by atoms with Gasteiger partial charge in [0.25, 0.3) is 5.91 Å². The molecule has 0 aromatic carbocycles. The molecule has 2 fully saturated rings. The van der Waals surface area contributed by atoms with Crippen molar-refractivity contribution < 1.29 is 9.59 Å². The van der Waals surface area contributed by atoms with Crippen LogP contribution in [0.3, 0.4) is 0 Å². The summed E-state index contributed by atoms with van der Waals surface area (Å²) >= 11 is 0. The number of piperidine rings is 1. The van der Waals surface area contributed by atoms with Crippen molar-refractivity contribution in [3.05, 3.63) is 0 Å². The van der Waals surface area contributed by atoms with E-state index >= 15 is 0 Å². The summed E-state index contributed by atoms with van der Waals surface area (Å²) in [6, 6.07) is -0.288. The molecule has 29 heavy (non-hydrogen) atoms. The highest BCUT2D eigenvalue weighted by Gasteiger charge is 2.45. The van der Waals surface area contributed by atoms with Gasteiger partial charge in [-0.1, -0.05) is 13.8 Å². The molecule has 0 radical (unpaired) electrons. The number of rotatable bonds is 9. The van der Waals surface area contributed by atoms with Crippen molar-refractivity contribution in [3.8, 4) is 0 Å². The van der Waals surface area contributed by atoms with E-state index in [2.05, 4.69) is 32.8 Å². The van der Waals surface area contributed by atoms with Gasteiger partial charge in [-0.3, -0.25) is 14.7 Å². The van der Waals surface area contributed by atoms with E-state index in [1.807, 2.05) is 6.92 Å². The second kappa shape index (κ2) is 12.6. The molecule has 2 aliphatic rings. The normalized spacial score (nSPS) is 23.7. The monoisotopic (exact) mass is 522 g/mol. The number of guanidine groups is 1. The number of nitrogens with zero attached hydrogens (tertiary/aromatic N) is 3. The van der Waals surface area contributed by atoms with Gasteiger partial charge in [-0.2, -0.15) is 0 Å². The van der Waals surface area contributed by atoms with Crippen LogP contribution in [-0.2, 0) is 4.79 Å². The molecule has 0 aliphatic carbocycles. The van der Waals surface area contributed by atoms with Gasteiger partial charge in [-0.15, -0.1) is 24.0 Å². The molecule has 2 saturated heterocycles. The molecule has 8 nitrogen and oxygen atoms in total. The van der Waals surface area contributed by atoms with Gasteiger partial charge >= 0.3 is 6.03 Å². The Kier molecular flexibility index (Phi) is 11.2. The number of carbonyl (C=O) groups is 2. The van der Waals surface area contributed by atoms with E-state index in [9.17, 15) is 9.59 Å². The lowest BCUT2D eigenvalue weighted by Gasteiger charge is -2.30. The van der Waals surface area contributed by atoms with Gasteiger partial charge in [0.15, 0.2) is 5.96 Å². The first-order chi connectivity index (χ1) is 13.4. The van der Waals surface area contributed by atoms with Crippen LogP contribution in [0.15, 0.2) is 4.99 Å². The minimum atomic E-state index is -0.755. The molecule has 1 atom stereocenters. The van der Waals surface area contributed by atoms with Crippen molar-refractivity contribution in [1.29, 1.82) is 0 Å². The highest BCUT2D eigenvalue weighted by atomic mass is 127. The van der Waals surface area contributed by atoms with Crippen LogP contribution in [0.5, 0.6) is 0 Å². The number of halogens is 1. The molecule has 3 N–H and O–H groups in total. The number of aliphatic imine (C=N–C) groups is 1. The molecule has 2 rings (SSSR count). The predicted octanol–water partition coefficient (Wildman–Crippen LogP) is 2.00. The first-order valence-electron chi connectivity index (χ1n) is 10.7. The molecule has 1 unspecified atom stereocenters. The second-order valence-corrected chi connectivity index (χ2v) is 8.23. The Labute approximate surface area is 192 Å². The highest BCUT2D eigenvalue weighted by molar-refractivity contribution is 14.0. The predicted molar refractivity (Wildman–Crippen MR) is 128 cm³/mol. The Bertz CT molecular complexity index is 565. The fourth-order valence-electron chi connectivity index (χ4n) is 3.65. The van der Waals surface area contributed by atoms with Crippen LogP contribution in [0.1, 0.15) is 52.9 Å². The van der Waals surface area contributed by atoms with Crippen LogP contribution in [0.25, 0.3) is 0 Å². The topological polar surface area (TPSA) is 89.1 Å². The van der Waals surface area contributed by atoms with Crippen molar-refractivity contribution in [3.63, 3.8) is 0 Å². The third-order valence-electron chi connectivity index (χ3n) is 5.95. The lowest BCUT2D eigenvalue weighted by molar-refractivity contribution is -0.130. The maximum absolute atomic E-state index is 12.4. The summed E-state index contributed by atoms with van der Waals surface area (Å²) in [4.78, 5) is 32.5. The van der Waals surface area contributed by atoms with Gasteiger partial charge in [0.2, 0.25) is 0 Å². The summed E-state index contributed by atoms with van der Waals surface area (Å²) in [5.41, 5.74) is -0.755. The Morgan fingerprint density at radius 3 is 2.28 bits per heavy atom. The van der Waals surface area contributed by atoms with Crippen molar-refractivity contribution in [1.82, 2.24) is 25.8 Å². The minimum absolute atomic E-state index is 0. The highest BCUT2D eigenvalue weighted by Crippen LogP contribution is 2.20. The average molecular weight is 522 g/mol. The molecule has 2 aliphatic heterocycles. The van der Waals surface area contributed by atoms with E-state index in [0.717, 1.165) is 31.4 Å². The van der Waals surface area contributed by atoms with E-state index in [4.69, 9.17) is 0 Å². The van der Waals surface area contributed by atoms with Crippen LogP contribution in [0.2, 0.25) is 0 Å². The minimum Gasteiger partial charge on any atom is -0.356 e. The molecule has 0 aromatic rings. The summed E-state index contributed by atoms with van der Waals surface area (Å²) in [6.45, 7) is 11.5. The number of likely N-dealkylation sites (tertiary alicyclic amines) is 1. The SMILES string of the molecule is CCC1(C)NC(=O)N(CCCNC(=NC)NCCCN2CCC(C)CC2)C1=O.I. The number of carbonyl (C=O) groups excluding carboxylic acids is 2. The molecule has 3 amide bonds. The molecule has 0 spiro atoms. The standard InChI is InChI=1S/C20H38N6O2.HI/c1-5-20(3)17(27)26(19(28)24-20)13-7-11-23-18(21-4)22-10-6-12-25-14-8-16(2)9-15-25;/h16H,5-15H2,1-4H3,(H,24,28)(H2,21,22,23);1H. The molecule has 0 bridgehead atoms. The summed E-state index contributed by atoms with van der Waals surface area (Å²) in [5.74, 6) is 1.51. The number of urea groups is 1. The van der Waals surface area contributed by atoms with Crippen molar-refractivity contribution in [2.24, 2.45) is 10.9 Å². The molecular formula is C20H39IN6O2. The quantitative estimate of drug-likeness (QED) is 0.142. The zero-order valence-corrected chi connectivity index (χ0v) is 20.8. The number of amides is 3. The zero-order valence-electron chi connectivity index (χ0n) is 18.4. The molecule has 0 saturated carbocycles. The van der Waals surface area contributed by atoms with Gasteiger partial charge in [0.05, 0.1) is 0 Å². The van der Waals surface area contributed by atoms with Crippen molar-refractivity contribution in [2.45, 2.75) is 58.4 Å². The maximum Gasteiger partial charge on any atom is 0.325 e. The third kappa shape index (κ3) is 7.58. The molecule has 168 valence electrons. The van der Waals surface area contributed by atoms with Crippen LogP contribution in [0.4, 0.5) is 4.79 Å². The fraction of sp³-hybridized carbons (Fsp3) is 0.850. The van der Waals surface area contributed by atoms with E-state index in [1.165, 1.54) is 30.8 Å². The summed E-state index contributed by atoms with van der Waals surface area (Å²) < 4.78 is 0. The summed E-state index contributed by atoms with van der Waals surface area (Å²) in [6.07, 6.45) is 5.00. The van der Waals surface area contributed by atoms with Gasteiger partial charge in [-0.05, 0) is 64.6 Å². The Morgan fingerprint density at radius 1 is 1.17 bits per heavy atom. The summed E-state index contributed by atoms with van der Waals surface area (Å²) in [7, 11) is 1.76. The molecular weight excluding hydrogens is 483 g/mol. The molecule has 0 aromatic heterocycles. The smallest absolute Gasteiger partial charge is 0.325 e. The van der Waals surface area contributed by atoms with E-state index in [1.54, 1.807) is 14.0 Å². The van der Waals surface area contributed by atoms with Crippen LogP contribution in [0, 0.1) is 5.92 Å². The van der Waals surface area contributed by atoms with Crippen LogP contribution >= 0.6 is 24.0 Å². The number of nitrogens with one attached hydrogen (secondary N) is 3. The Balaban J connectivity index is 0.00000420. The van der Waals surface area contributed by atoms with Crippen molar-refractivity contribution >= 4 is 41.9 Å². The molecule has 9 heteroatoms. The average Bonchev–Trinajstić information content (AvgIpc) is 2.91.